The highest BCUT2D eigenvalue weighted by Crippen LogP contribution is 2.45. The Labute approximate surface area is 331 Å². The average molecular weight is 733 g/mol. The Hall–Kier alpha value is -7.04. The molecule has 4 aromatic heterocycles. The number of fused-ring (bicyclic) bond motifs is 15. The average Bonchev–Trinajstić information content (AvgIpc) is 3.76. The topological polar surface area (TPSA) is 17.6 Å². The summed E-state index contributed by atoms with van der Waals surface area (Å²) in [6.45, 7) is 4.94. The summed E-state index contributed by atoms with van der Waals surface area (Å²) < 4.78 is 9.84. The quantitative estimate of drug-likeness (QED) is 0.158. The molecule has 0 radical (unpaired) electrons. The second-order valence-electron chi connectivity index (χ2n) is 15.8. The van der Waals surface area contributed by atoms with E-state index < -0.39 is 0 Å². The van der Waals surface area contributed by atoms with Gasteiger partial charge >= 0.3 is 0 Å². The maximum absolute atomic E-state index is 4.94. The maximum Gasteiger partial charge on any atom is 0.219 e. The predicted molar refractivity (Wildman–Crippen MR) is 233 cm³/mol. The molecule has 4 nitrogen and oxygen atoms in total. The number of pyridine rings is 2. The van der Waals surface area contributed by atoms with Crippen molar-refractivity contribution in [2.24, 2.45) is 0 Å². The lowest BCUT2D eigenvalue weighted by Crippen LogP contribution is -2.49. The van der Waals surface area contributed by atoms with Crippen molar-refractivity contribution in [2.45, 2.75) is 31.2 Å². The van der Waals surface area contributed by atoms with E-state index in [0.29, 0.717) is 5.92 Å². The first-order valence-corrected chi connectivity index (χ1v) is 20.1. The van der Waals surface area contributed by atoms with Gasteiger partial charge in [0.25, 0.3) is 0 Å². The van der Waals surface area contributed by atoms with E-state index in [0.717, 1.165) is 41.9 Å². The molecule has 270 valence electrons. The van der Waals surface area contributed by atoms with Crippen LogP contribution in [0.25, 0.3) is 83.2 Å². The summed E-state index contributed by atoms with van der Waals surface area (Å²) in [5.74, 6) is 0.352. The largest absolute Gasteiger partial charge is 0.309 e. The molecule has 0 saturated carbocycles. The van der Waals surface area contributed by atoms with Crippen molar-refractivity contribution in [3.05, 3.63) is 200 Å². The van der Waals surface area contributed by atoms with Crippen molar-refractivity contribution < 1.29 is 9.13 Å². The van der Waals surface area contributed by atoms with E-state index in [1.54, 1.807) is 0 Å². The molecule has 2 atom stereocenters. The smallest absolute Gasteiger partial charge is 0.219 e. The molecule has 2 unspecified atom stereocenters. The van der Waals surface area contributed by atoms with E-state index in [1.807, 2.05) is 0 Å². The predicted octanol–water partition coefficient (Wildman–Crippen LogP) is 11.9. The molecule has 0 amide bonds. The summed E-state index contributed by atoms with van der Waals surface area (Å²) >= 11 is 0. The molecule has 0 bridgehead atoms. The fourth-order valence-corrected chi connectivity index (χ4v) is 10.3. The first-order valence-electron chi connectivity index (χ1n) is 20.1. The Kier molecular flexibility index (Phi) is 7.06. The Morgan fingerprint density at radius 2 is 1.14 bits per heavy atom. The van der Waals surface area contributed by atoms with Crippen molar-refractivity contribution in [3.8, 4) is 33.9 Å². The third-order valence-electron chi connectivity index (χ3n) is 12.8. The number of hydrogen-bond donors (Lipinski definition) is 0. The number of nitrogens with zero attached hydrogens (tertiary/aromatic N) is 4. The number of aromatic nitrogens is 4. The third-order valence-corrected chi connectivity index (χ3v) is 12.8. The van der Waals surface area contributed by atoms with Crippen LogP contribution in [0.4, 0.5) is 0 Å². The van der Waals surface area contributed by atoms with Gasteiger partial charge in [-0.3, -0.25) is 0 Å². The van der Waals surface area contributed by atoms with Gasteiger partial charge in [-0.05, 0) is 91.2 Å². The molecule has 6 aromatic carbocycles. The summed E-state index contributed by atoms with van der Waals surface area (Å²) in [6, 6.07) is 62.8. The first-order chi connectivity index (χ1) is 28.2. The van der Waals surface area contributed by atoms with Crippen LogP contribution in [-0.2, 0) is 6.42 Å². The van der Waals surface area contributed by atoms with Gasteiger partial charge in [-0.25, -0.2) is 0 Å². The molecule has 10 aromatic rings. The Balaban J connectivity index is 1.15. The van der Waals surface area contributed by atoms with Gasteiger partial charge in [0.2, 0.25) is 11.4 Å². The molecule has 57 heavy (non-hydrogen) atoms. The standard InChI is InChI=1S/C53H40N4/c1-35-30-49-43(40-22-10-11-23-41(40)47-25-14-15-29-54(47)49)28-27-36-16-8-9-21-39(36)50-32-46-45-31-44-42-24-12-13-26-48(42)56(37-17-4-2-5-18-37)51(44)33-52(45)57(53(46)34-55(35)50)38-19-6-3-7-20-38/h2-26,29,31-34,43,49H,1,27-28,30H2/q+2. The summed E-state index contributed by atoms with van der Waals surface area (Å²) in [5, 5.41) is 5.00. The lowest BCUT2D eigenvalue weighted by Gasteiger charge is -2.31. The van der Waals surface area contributed by atoms with Gasteiger partial charge in [-0.2, -0.15) is 9.13 Å². The van der Waals surface area contributed by atoms with Crippen molar-refractivity contribution in [3.63, 3.8) is 0 Å². The molecule has 12 rings (SSSR count). The molecule has 0 N–H and O–H groups in total. The number of rotatable bonds is 2. The van der Waals surface area contributed by atoms with E-state index in [4.69, 9.17) is 6.58 Å². The Bertz CT molecular complexity index is 3240. The van der Waals surface area contributed by atoms with Crippen LogP contribution in [0.2, 0.25) is 0 Å². The molecule has 2 aliphatic rings. The minimum Gasteiger partial charge on any atom is -0.309 e. The van der Waals surface area contributed by atoms with Crippen LogP contribution < -0.4 is 9.13 Å². The number of allylic oxidation sites excluding steroid dienone is 1. The minimum absolute atomic E-state index is 0.233. The summed E-state index contributed by atoms with van der Waals surface area (Å²) in [7, 11) is 0. The second kappa shape index (κ2) is 12.5. The molecule has 6 heterocycles. The Morgan fingerprint density at radius 1 is 0.509 bits per heavy atom. The van der Waals surface area contributed by atoms with Crippen LogP contribution in [0.5, 0.6) is 0 Å². The lowest BCUT2D eigenvalue weighted by atomic mass is 9.77. The van der Waals surface area contributed by atoms with Crippen LogP contribution in [0.15, 0.2) is 189 Å². The van der Waals surface area contributed by atoms with Gasteiger partial charge in [-0.15, -0.1) is 0 Å². The first kappa shape index (κ1) is 32.2. The zero-order valence-electron chi connectivity index (χ0n) is 31.6. The van der Waals surface area contributed by atoms with Crippen molar-refractivity contribution in [1.29, 1.82) is 0 Å². The molecular weight excluding hydrogens is 693 g/mol. The van der Waals surface area contributed by atoms with Gasteiger partial charge < -0.3 is 9.13 Å². The van der Waals surface area contributed by atoms with Gasteiger partial charge in [0.05, 0.1) is 23.0 Å². The van der Waals surface area contributed by atoms with Crippen LogP contribution in [0, 0.1) is 0 Å². The maximum atomic E-state index is 4.94. The van der Waals surface area contributed by atoms with Crippen molar-refractivity contribution in [2.75, 3.05) is 0 Å². The van der Waals surface area contributed by atoms with Crippen LogP contribution in [-0.4, -0.2) is 9.13 Å². The second-order valence-corrected chi connectivity index (χ2v) is 15.8. The molecule has 0 fully saturated rings. The summed E-state index contributed by atoms with van der Waals surface area (Å²) in [5.41, 5.74) is 16.1. The SMILES string of the molecule is C=C1CC2C(CCc3ccccc3-c3cc4c5cc6c7ccccc7n(-c7ccccc7)c6cc5n(-c5ccccc5)c4c[n+]31)c1ccccc1-c1cccc[n+]12. The van der Waals surface area contributed by atoms with Crippen molar-refractivity contribution >= 4 is 49.3 Å². The van der Waals surface area contributed by atoms with Crippen LogP contribution in [0.3, 0.4) is 0 Å². The van der Waals surface area contributed by atoms with Crippen LogP contribution >= 0.6 is 0 Å². The molecule has 4 heteroatoms. The molecule has 0 spiro atoms. The molecular formula is C53H40N4+2. The summed E-state index contributed by atoms with van der Waals surface area (Å²) in [4.78, 5) is 0. The fourth-order valence-electron chi connectivity index (χ4n) is 10.3. The van der Waals surface area contributed by atoms with Gasteiger partial charge in [0.1, 0.15) is 5.52 Å². The third kappa shape index (κ3) is 4.80. The van der Waals surface area contributed by atoms with E-state index in [-0.39, 0.29) is 6.04 Å². The highest BCUT2D eigenvalue weighted by atomic mass is 15.1. The minimum atomic E-state index is 0.233. The highest BCUT2D eigenvalue weighted by Gasteiger charge is 2.42. The number of aryl methyl sites for hydroxylation is 1. The zero-order chi connectivity index (χ0) is 37.6. The molecule has 2 aliphatic heterocycles. The highest BCUT2D eigenvalue weighted by molar-refractivity contribution is 6.19. The Morgan fingerprint density at radius 3 is 1.95 bits per heavy atom. The molecule has 0 saturated heterocycles. The van der Waals surface area contributed by atoms with E-state index >= 15 is 0 Å². The molecule has 0 aliphatic carbocycles. The normalized spacial score (nSPS) is 16.2. The fraction of sp³-hybridized carbons (Fsp3) is 0.0943. The van der Waals surface area contributed by atoms with E-state index in [9.17, 15) is 0 Å². The van der Waals surface area contributed by atoms with Crippen LogP contribution in [0.1, 0.15) is 35.9 Å². The zero-order valence-corrected chi connectivity index (χ0v) is 31.6. The monoisotopic (exact) mass is 732 g/mol. The van der Waals surface area contributed by atoms with E-state index in [1.165, 1.54) is 71.7 Å². The van der Waals surface area contributed by atoms with Gasteiger partial charge in [-0.1, -0.05) is 91.0 Å². The van der Waals surface area contributed by atoms with E-state index in [2.05, 4.69) is 201 Å². The number of benzene rings is 6. The number of hydrogen-bond acceptors (Lipinski definition) is 0. The summed E-state index contributed by atoms with van der Waals surface area (Å²) in [6.07, 6.45) is 7.55. The number of para-hydroxylation sites is 3. The lowest BCUT2D eigenvalue weighted by molar-refractivity contribution is -0.720. The van der Waals surface area contributed by atoms with Gasteiger partial charge in [0.15, 0.2) is 24.1 Å². The van der Waals surface area contributed by atoms with Gasteiger partial charge in [0, 0.05) is 68.2 Å². The van der Waals surface area contributed by atoms with Crippen molar-refractivity contribution in [1.82, 2.24) is 9.13 Å².